The van der Waals surface area contributed by atoms with Crippen LogP contribution in [-0.2, 0) is 15.8 Å². The highest BCUT2D eigenvalue weighted by Crippen LogP contribution is 2.48. The second kappa shape index (κ2) is 5.62. The molecule has 0 bridgehead atoms. The Hall–Kier alpha value is -0.910. The molecule has 2 aliphatic rings. The van der Waals surface area contributed by atoms with E-state index in [0.29, 0.717) is 6.54 Å². The first-order valence-electron chi connectivity index (χ1n) is 8.08. The summed E-state index contributed by atoms with van der Waals surface area (Å²) in [6, 6.07) is 9.49. The number of nitrogens with zero attached hydrogens (tertiary/aromatic N) is 1. The smallest absolute Gasteiger partial charge is 0.218 e. The molecule has 0 amide bonds. The summed E-state index contributed by atoms with van der Waals surface area (Å²) >= 11 is 0. The van der Waals surface area contributed by atoms with Gasteiger partial charge in [0.1, 0.15) is 0 Å². The summed E-state index contributed by atoms with van der Waals surface area (Å²) in [7, 11) is -3.28. The van der Waals surface area contributed by atoms with Gasteiger partial charge < -0.3 is 5.32 Å². The molecule has 2 aliphatic heterocycles. The van der Waals surface area contributed by atoms with Crippen molar-refractivity contribution in [3.8, 4) is 0 Å². The fourth-order valence-corrected chi connectivity index (χ4v) is 6.27. The quantitative estimate of drug-likeness (QED) is 0.929. The van der Waals surface area contributed by atoms with Crippen molar-refractivity contribution < 1.29 is 8.42 Å². The van der Waals surface area contributed by atoms with Crippen LogP contribution in [0.25, 0.3) is 0 Å². The summed E-state index contributed by atoms with van der Waals surface area (Å²) < 4.78 is 27.7. The molecule has 0 unspecified atom stereocenters. The number of benzene rings is 1. The summed E-state index contributed by atoms with van der Waals surface area (Å²) in [6.07, 6.45) is 3.12. The van der Waals surface area contributed by atoms with Gasteiger partial charge in [-0.1, -0.05) is 30.3 Å². The maximum absolute atomic E-state index is 13.0. The minimum Gasteiger partial charge on any atom is -0.317 e. The van der Waals surface area contributed by atoms with Gasteiger partial charge >= 0.3 is 0 Å². The molecule has 3 rings (SSSR count). The SMILES string of the molecule is CC1(C)CC2(CCNCC2)CN1S(=O)(=O)Cc1ccccc1. The molecule has 4 nitrogen and oxygen atoms in total. The summed E-state index contributed by atoms with van der Waals surface area (Å²) in [5.41, 5.74) is 0.744. The zero-order valence-electron chi connectivity index (χ0n) is 13.5. The molecule has 1 aromatic carbocycles. The van der Waals surface area contributed by atoms with Crippen LogP contribution < -0.4 is 5.32 Å². The molecular weight excluding hydrogens is 296 g/mol. The maximum atomic E-state index is 13.0. The van der Waals surface area contributed by atoms with Crippen molar-refractivity contribution in [3.63, 3.8) is 0 Å². The highest BCUT2D eigenvalue weighted by molar-refractivity contribution is 7.88. The van der Waals surface area contributed by atoms with Gasteiger partial charge in [0.05, 0.1) is 5.75 Å². The normalized spacial score (nSPS) is 24.6. The molecule has 0 atom stereocenters. The zero-order chi connectivity index (χ0) is 15.8. The molecule has 0 aliphatic carbocycles. The number of nitrogens with one attached hydrogen (secondary N) is 1. The molecule has 5 heteroatoms. The second-order valence-electron chi connectivity index (χ2n) is 7.49. The molecular formula is C17H26N2O2S. The molecule has 1 spiro atoms. The van der Waals surface area contributed by atoms with Gasteiger partial charge in [0.25, 0.3) is 0 Å². The third kappa shape index (κ3) is 3.07. The average Bonchev–Trinajstić information content (AvgIpc) is 2.72. The minimum absolute atomic E-state index is 0.103. The van der Waals surface area contributed by atoms with Crippen molar-refractivity contribution in [2.24, 2.45) is 5.41 Å². The molecule has 2 saturated heterocycles. The van der Waals surface area contributed by atoms with Gasteiger partial charge in [-0.05, 0) is 57.2 Å². The Morgan fingerprint density at radius 2 is 1.77 bits per heavy atom. The van der Waals surface area contributed by atoms with E-state index in [1.54, 1.807) is 4.31 Å². The predicted octanol–water partition coefficient (Wildman–Crippen LogP) is 2.37. The fourth-order valence-electron chi connectivity index (χ4n) is 4.21. The highest BCUT2D eigenvalue weighted by Gasteiger charge is 2.52. The van der Waals surface area contributed by atoms with E-state index in [1.807, 2.05) is 30.3 Å². The summed E-state index contributed by atoms with van der Waals surface area (Å²) in [4.78, 5) is 0. The molecule has 0 radical (unpaired) electrons. The van der Waals surface area contributed by atoms with Crippen LogP contribution in [0.3, 0.4) is 0 Å². The van der Waals surface area contributed by atoms with Gasteiger partial charge in [-0.3, -0.25) is 0 Å². The molecule has 122 valence electrons. The molecule has 22 heavy (non-hydrogen) atoms. The zero-order valence-corrected chi connectivity index (χ0v) is 14.3. The maximum Gasteiger partial charge on any atom is 0.218 e. The first-order valence-corrected chi connectivity index (χ1v) is 9.69. The van der Waals surface area contributed by atoms with Crippen LogP contribution in [0.4, 0.5) is 0 Å². The van der Waals surface area contributed by atoms with E-state index in [1.165, 1.54) is 0 Å². The van der Waals surface area contributed by atoms with Gasteiger partial charge in [0.15, 0.2) is 0 Å². The van der Waals surface area contributed by atoms with E-state index in [0.717, 1.165) is 37.9 Å². The minimum atomic E-state index is -3.28. The standard InChI is InChI=1S/C17H26N2O2S/c1-16(2)13-17(8-10-18-11-9-17)14-19(16)22(20,21)12-15-6-4-3-5-7-15/h3-7,18H,8-14H2,1-2H3. The van der Waals surface area contributed by atoms with E-state index in [9.17, 15) is 8.42 Å². The van der Waals surface area contributed by atoms with Crippen LogP contribution in [0, 0.1) is 5.41 Å². The van der Waals surface area contributed by atoms with Gasteiger partial charge in [0, 0.05) is 12.1 Å². The van der Waals surface area contributed by atoms with Gasteiger partial charge in [-0.25, -0.2) is 8.42 Å². The fraction of sp³-hybridized carbons (Fsp3) is 0.647. The first kappa shape index (κ1) is 16.0. The van der Waals surface area contributed by atoms with E-state index in [-0.39, 0.29) is 16.7 Å². The van der Waals surface area contributed by atoms with Crippen LogP contribution in [0.5, 0.6) is 0 Å². The Morgan fingerprint density at radius 1 is 1.14 bits per heavy atom. The lowest BCUT2D eigenvalue weighted by Crippen LogP contribution is -2.43. The van der Waals surface area contributed by atoms with Crippen molar-refractivity contribution in [2.45, 2.75) is 44.4 Å². The van der Waals surface area contributed by atoms with Gasteiger partial charge in [-0.2, -0.15) is 4.31 Å². The lowest BCUT2D eigenvalue weighted by atomic mass is 9.75. The Bertz CT molecular complexity index is 619. The lowest BCUT2D eigenvalue weighted by molar-refractivity contribution is 0.215. The predicted molar refractivity (Wildman–Crippen MR) is 89.0 cm³/mol. The molecule has 1 N–H and O–H groups in total. The molecule has 1 aromatic rings. The highest BCUT2D eigenvalue weighted by atomic mass is 32.2. The molecule has 0 saturated carbocycles. The third-order valence-corrected chi connectivity index (χ3v) is 7.15. The average molecular weight is 322 g/mol. The Morgan fingerprint density at radius 3 is 2.41 bits per heavy atom. The lowest BCUT2D eigenvalue weighted by Gasteiger charge is -2.33. The topological polar surface area (TPSA) is 49.4 Å². The van der Waals surface area contributed by atoms with Crippen molar-refractivity contribution in [1.82, 2.24) is 9.62 Å². The monoisotopic (exact) mass is 322 g/mol. The van der Waals surface area contributed by atoms with Crippen molar-refractivity contribution in [3.05, 3.63) is 35.9 Å². The second-order valence-corrected chi connectivity index (χ2v) is 9.38. The number of hydrogen-bond acceptors (Lipinski definition) is 3. The van der Waals surface area contributed by atoms with E-state index < -0.39 is 10.0 Å². The molecule has 2 fully saturated rings. The van der Waals surface area contributed by atoms with Crippen molar-refractivity contribution in [2.75, 3.05) is 19.6 Å². The number of hydrogen-bond donors (Lipinski definition) is 1. The van der Waals surface area contributed by atoms with Crippen LogP contribution in [0.2, 0.25) is 0 Å². The number of rotatable bonds is 3. The Balaban J connectivity index is 1.83. The van der Waals surface area contributed by atoms with Crippen LogP contribution >= 0.6 is 0 Å². The van der Waals surface area contributed by atoms with Gasteiger partial charge in [0.2, 0.25) is 10.0 Å². The van der Waals surface area contributed by atoms with Crippen LogP contribution in [0.1, 0.15) is 38.7 Å². The van der Waals surface area contributed by atoms with Crippen LogP contribution in [-0.4, -0.2) is 37.9 Å². The summed E-state index contributed by atoms with van der Waals surface area (Å²) in [5.74, 6) is 0.103. The van der Waals surface area contributed by atoms with E-state index in [4.69, 9.17) is 0 Å². The molecule has 2 heterocycles. The summed E-state index contributed by atoms with van der Waals surface area (Å²) in [5, 5.41) is 3.39. The summed E-state index contributed by atoms with van der Waals surface area (Å²) in [6.45, 7) is 6.83. The Kier molecular flexibility index (Phi) is 4.08. The molecule has 0 aromatic heterocycles. The van der Waals surface area contributed by atoms with Gasteiger partial charge in [-0.15, -0.1) is 0 Å². The van der Waals surface area contributed by atoms with Crippen molar-refractivity contribution >= 4 is 10.0 Å². The largest absolute Gasteiger partial charge is 0.317 e. The van der Waals surface area contributed by atoms with E-state index >= 15 is 0 Å². The van der Waals surface area contributed by atoms with Crippen molar-refractivity contribution in [1.29, 1.82) is 0 Å². The van der Waals surface area contributed by atoms with E-state index in [2.05, 4.69) is 19.2 Å². The number of piperidine rings is 1. The Labute approximate surface area is 134 Å². The third-order valence-electron chi connectivity index (χ3n) is 5.15. The number of sulfonamides is 1. The first-order chi connectivity index (χ1) is 10.3. The van der Waals surface area contributed by atoms with Crippen LogP contribution in [0.15, 0.2) is 30.3 Å².